The van der Waals surface area contributed by atoms with Crippen LogP contribution in [-0.2, 0) is 13.0 Å². The van der Waals surface area contributed by atoms with E-state index in [-0.39, 0.29) is 0 Å². The van der Waals surface area contributed by atoms with E-state index in [1.807, 2.05) is 4.68 Å². The second-order valence-electron chi connectivity index (χ2n) is 5.67. The van der Waals surface area contributed by atoms with Gasteiger partial charge in [-0.2, -0.15) is 0 Å². The van der Waals surface area contributed by atoms with E-state index in [0.29, 0.717) is 0 Å². The molecule has 18 heavy (non-hydrogen) atoms. The first-order valence-corrected chi connectivity index (χ1v) is 7.61. The zero-order valence-electron chi connectivity index (χ0n) is 12.4. The normalized spacial score (nSPS) is 11.3. The average molecular weight is 251 g/mol. The Bertz CT molecular complexity index is 304. The van der Waals surface area contributed by atoms with Crippen LogP contribution in [0.5, 0.6) is 0 Å². The molecule has 1 aromatic heterocycles. The Morgan fingerprint density at radius 1 is 1.11 bits per heavy atom. The van der Waals surface area contributed by atoms with Crippen molar-refractivity contribution in [3.8, 4) is 0 Å². The second-order valence-corrected chi connectivity index (χ2v) is 5.67. The summed E-state index contributed by atoms with van der Waals surface area (Å²) in [6, 6.07) is 0. The van der Waals surface area contributed by atoms with Crippen LogP contribution < -0.4 is 0 Å². The SMILES string of the molecule is CCCCCCn1cc(CCCCC(C)C)nn1. The van der Waals surface area contributed by atoms with Gasteiger partial charge in [-0.15, -0.1) is 5.10 Å². The fourth-order valence-electron chi connectivity index (χ4n) is 2.12. The Balaban J connectivity index is 2.13. The Hall–Kier alpha value is -0.860. The standard InChI is InChI=1S/C15H29N3/c1-4-5-6-9-12-18-13-15(16-17-18)11-8-7-10-14(2)3/h13-14H,4-12H2,1-3H3. The van der Waals surface area contributed by atoms with E-state index < -0.39 is 0 Å². The van der Waals surface area contributed by atoms with Gasteiger partial charge < -0.3 is 0 Å². The molecule has 0 spiro atoms. The van der Waals surface area contributed by atoms with Crippen molar-refractivity contribution in [3.05, 3.63) is 11.9 Å². The summed E-state index contributed by atoms with van der Waals surface area (Å²) in [5.74, 6) is 0.819. The lowest BCUT2D eigenvalue weighted by atomic mass is 10.0. The molecule has 0 aliphatic carbocycles. The molecule has 0 saturated heterocycles. The van der Waals surface area contributed by atoms with E-state index in [4.69, 9.17) is 0 Å². The van der Waals surface area contributed by atoms with Gasteiger partial charge in [-0.05, 0) is 25.2 Å². The third-order valence-corrected chi connectivity index (χ3v) is 3.29. The fraction of sp³-hybridized carbons (Fsp3) is 0.867. The van der Waals surface area contributed by atoms with E-state index in [2.05, 4.69) is 37.3 Å². The number of nitrogens with zero attached hydrogens (tertiary/aromatic N) is 3. The summed E-state index contributed by atoms with van der Waals surface area (Å²) in [4.78, 5) is 0. The first-order chi connectivity index (χ1) is 8.72. The lowest BCUT2D eigenvalue weighted by Gasteiger charge is -2.02. The molecule has 0 atom stereocenters. The quantitative estimate of drug-likeness (QED) is 0.583. The van der Waals surface area contributed by atoms with Gasteiger partial charge in [0.25, 0.3) is 0 Å². The largest absolute Gasteiger partial charge is 0.252 e. The smallest absolute Gasteiger partial charge is 0.0827 e. The van der Waals surface area contributed by atoms with Crippen molar-refractivity contribution >= 4 is 0 Å². The number of hydrogen-bond acceptors (Lipinski definition) is 2. The molecule has 0 aliphatic heterocycles. The summed E-state index contributed by atoms with van der Waals surface area (Å²) < 4.78 is 2.01. The monoisotopic (exact) mass is 251 g/mol. The number of aromatic nitrogens is 3. The van der Waals surface area contributed by atoms with Crippen LogP contribution in [0.2, 0.25) is 0 Å². The zero-order valence-corrected chi connectivity index (χ0v) is 12.4. The Morgan fingerprint density at radius 2 is 1.94 bits per heavy atom. The van der Waals surface area contributed by atoms with Crippen molar-refractivity contribution < 1.29 is 0 Å². The fourth-order valence-corrected chi connectivity index (χ4v) is 2.12. The molecule has 104 valence electrons. The average Bonchev–Trinajstić information content (AvgIpc) is 2.78. The molecular weight excluding hydrogens is 222 g/mol. The Labute approximate surface area is 112 Å². The highest BCUT2D eigenvalue weighted by atomic mass is 15.4. The van der Waals surface area contributed by atoms with Gasteiger partial charge in [0.05, 0.1) is 5.69 Å². The highest BCUT2D eigenvalue weighted by Gasteiger charge is 2.01. The van der Waals surface area contributed by atoms with Gasteiger partial charge in [-0.25, -0.2) is 0 Å². The van der Waals surface area contributed by atoms with Crippen molar-refractivity contribution in [3.63, 3.8) is 0 Å². The lowest BCUT2D eigenvalue weighted by Crippen LogP contribution is -1.98. The van der Waals surface area contributed by atoms with Gasteiger partial charge in [0.2, 0.25) is 0 Å². The molecule has 0 saturated carbocycles. The molecule has 1 aromatic rings. The van der Waals surface area contributed by atoms with Crippen LogP contribution in [0.15, 0.2) is 6.20 Å². The maximum absolute atomic E-state index is 4.24. The zero-order chi connectivity index (χ0) is 13.2. The molecule has 0 aliphatic rings. The molecule has 0 unspecified atom stereocenters. The summed E-state index contributed by atoms with van der Waals surface area (Å²) in [6.07, 6.45) is 12.2. The predicted octanol–water partition coefficient (Wildman–Crippen LogP) is 4.23. The molecule has 1 rings (SSSR count). The maximum Gasteiger partial charge on any atom is 0.0827 e. The summed E-state index contributed by atoms with van der Waals surface area (Å²) in [5, 5.41) is 8.44. The highest BCUT2D eigenvalue weighted by molar-refractivity contribution is 4.92. The molecule has 0 amide bonds. The molecular formula is C15H29N3. The van der Waals surface area contributed by atoms with E-state index in [1.54, 1.807) is 0 Å². The molecule has 0 radical (unpaired) electrons. The minimum absolute atomic E-state index is 0.819. The third-order valence-electron chi connectivity index (χ3n) is 3.29. The van der Waals surface area contributed by atoms with E-state index in [9.17, 15) is 0 Å². The van der Waals surface area contributed by atoms with Crippen LogP contribution in [0.3, 0.4) is 0 Å². The van der Waals surface area contributed by atoms with Crippen molar-refractivity contribution in [2.75, 3.05) is 0 Å². The number of aryl methyl sites for hydroxylation is 2. The highest BCUT2D eigenvalue weighted by Crippen LogP contribution is 2.09. The van der Waals surface area contributed by atoms with E-state index >= 15 is 0 Å². The molecule has 1 heterocycles. The Kier molecular flexibility index (Phi) is 7.70. The molecule has 3 nitrogen and oxygen atoms in total. The van der Waals surface area contributed by atoms with Crippen molar-refractivity contribution in [2.45, 2.75) is 78.7 Å². The van der Waals surface area contributed by atoms with Gasteiger partial charge in [-0.3, -0.25) is 4.68 Å². The van der Waals surface area contributed by atoms with Gasteiger partial charge in [0.15, 0.2) is 0 Å². The minimum Gasteiger partial charge on any atom is -0.252 e. The van der Waals surface area contributed by atoms with E-state index in [1.165, 1.54) is 44.9 Å². The minimum atomic E-state index is 0.819. The van der Waals surface area contributed by atoms with Crippen LogP contribution in [-0.4, -0.2) is 15.0 Å². The van der Waals surface area contributed by atoms with Gasteiger partial charge >= 0.3 is 0 Å². The van der Waals surface area contributed by atoms with Crippen LogP contribution in [0.4, 0.5) is 0 Å². The Morgan fingerprint density at radius 3 is 2.67 bits per heavy atom. The number of rotatable bonds is 10. The summed E-state index contributed by atoms with van der Waals surface area (Å²) in [6.45, 7) is 7.84. The molecule has 0 aromatic carbocycles. The summed E-state index contributed by atoms with van der Waals surface area (Å²) >= 11 is 0. The van der Waals surface area contributed by atoms with Crippen LogP contribution in [0, 0.1) is 5.92 Å². The molecule has 3 heteroatoms. The summed E-state index contributed by atoms with van der Waals surface area (Å²) in [5.41, 5.74) is 1.16. The first kappa shape index (κ1) is 15.2. The van der Waals surface area contributed by atoms with Crippen LogP contribution in [0.1, 0.15) is 71.4 Å². The third kappa shape index (κ3) is 6.77. The van der Waals surface area contributed by atoms with Crippen molar-refractivity contribution in [1.82, 2.24) is 15.0 Å². The topological polar surface area (TPSA) is 30.7 Å². The second kappa shape index (κ2) is 9.12. The number of hydrogen-bond donors (Lipinski definition) is 0. The van der Waals surface area contributed by atoms with Gasteiger partial charge in [0.1, 0.15) is 0 Å². The van der Waals surface area contributed by atoms with E-state index in [0.717, 1.165) is 24.6 Å². The number of unbranched alkanes of at least 4 members (excludes halogenated alkanes) is 4. The maximum atomic E-state index is 4.24. The van der Waals surface area contributed by atoms with Crippen molar-refractivity contribution in [2.24, 2.45) is 5.92 Å². The van der Waals surface area contributed by atoms with Gasteiger partial charge in [0, 0.05) is 12.7 Å². The molecule has 0 N–H and O–H groups in total. The van der Waals surface area contributed by atoms with Crippen LogP contribution in [0.25, 0.3) is 0 Å². The van der Waals surface area contributed by atoms with Crippen molar-refractivity contribution in [1.29, 1.82) is 0 Å². The molecule has 0 fully saturated rings. The molecule has 0 bridgehead atoms. The first-order valence-electron chi connectivity index (χ1n) is 7.61. The lowest BCUT2D eigenvalue weighted by molar-refractivity contribution is 0.527. The summed E-state index contributed by atoms with van der Waals surface area (Å²) in [7, 11) is 0. The van der Waals surface area contributed by atoms with Gasteiger partial charge in [-0.1, -0.05) is 58.1 Å². The predicted molar refractivity (Wildman–Crippen MR) is 76.6 cm³/mol. The van der Waals surface area contributed by atoms with Crippen LogP contribution >= 0.6 is 0 Å².